The van der Waals surface area contributed by atoms with Crippen LogP contribution in [0.2, 0.25) is 5.02 Å². The highest BCUT2D eigenvalue weighted by Gasteiger charge is 2.32. The maximum absolute atomic E-state index is 12.5. The Balaban J connectivity index is 1.90. The Labute approximate surface area is 151 Å². The Hall–Kier alpha value is -2.25. The second-order valence-corrected chi connectivity index (χ2v) is 8.43. The van der Waals surface area contributed by atoms with Crippen molar-refractivity contribution in [1.29, 1.82) is 0 Å². The van der Waals surface area contributed by atoms with E-state index in [-0.39, 0.29) is 22.4 Å². The number of nitrogens with one attached hydrogen (secondary N) is 2. The van der Waals surface area contributed by atoms with E-state index in [1.807, 2.05) is 0 Å². The molecule has 0 aliphatic carbocycles. The van der Waals surface area contributed by atoms with Crippen LogP contribution in [0.5, 0.6) is 5.75 Å². The zero-order valence-electron chi connectivity index (χ0n) is 13.7. The van der Waals surface area contributed by atoms with Gasteiger partial charge in [-0.25, -0.2) is 8.42 Å². The second-order valence-electron chi connectivity index (χ2n) is 6.37. The smallest absolute Gasteiger partial charge is 0.263 e. The Morgan fingerprint density at radius 1 is 1.20 bits per heavy atom. The van der Waals surface area contributed by atoms with Crippen molar-refractivity contribution >= 4 is 38.9 Å². The van der Waals surface area contributed by atoms with E-state index >= 15 is 0 Å². The molecular formula is C17H17ClN2O4S. The van der Waals surface area contributed by atoms with Crippen LogP contribution in [0.1, 0.15) is 13.8 Å². The summed E-state index contributed by atoms with van der Waals surface area (Å²) >= 11 is 5.97. The zero-order valence-corrected chi connectivity index (χ0v) is 15.2. The van der Waals surface area contributed by atoms with Crippen molar-refractivity contribution in [3.63, 3.8) is 0 Å². The van der Waals surface area contributed by atoms with Gasteiger partial charge in [-0.2, -0.15) is 0 Å². The Morgan fingerprint density at radius 2 is 1.92 bits per heavy atom. The SMILES string of the molecule is CC1(C)COc2cc(NS(=O)(=O)c3ccccc3Cl)ccc2NC1=O. The molecule has 1 aliphatic heterocycles. The maximum Gasteiger partial charge on any atom is 0.263 e. The van der Waals surface area contributed by atoms with Gasteiger partial charge in [0.15, 0.2) is 0 Å². The molecule has 0 saturated heterocycles. The van der Waals surface area contributed by atoms with E-state index in [4.69, 9.17) is 16.3 Å². The summed E-state index contributed by atoms with van der Waals surface area (Å²) in [5, 5.41) is 2.92. The number of amides is 1. The average molecular weight is 381 g/mol. The van der Waals surface area contributed by atoms with Crippen LogP contribution in [0.3, 0.4) is 0 Å². The first-order chi connectivity index (χ1) is 11.7. The van der Waals surface area contributed by atoms with Crippen molar-refractivity contribution < 1.29 is 17.9 Å². The van der Waals surface area contributed by atoms with Gasteiger partial charge >= 0.3 is 0 Å². The molecular weight excluding hydrogens is 364 g/mol. The molecule has 2 N–H and O–H groups in total. The summed E-state index contributed by atoms with van der Waals surface area (Å²) in [5.41, 5.74) is 0.125. The van der Waals surface area contributed by atoms with Gasteiger partial charge in [-0.3, -0.25) is 9.52 Å². The second kappa shape index (κ2) is 6.24. The number of carbonyl (C=O) groups is 1. The van der Waals surface area contributed by atoms with Crippen molar-refractivity contribution in [2.24, 2.45) is 5.41 Å². The van der Waals surface area contributed by atoms with E-state index in [1.165, 1.54) is 18.2 Å². The molecule has 1 aliphatic rings. The number of benzene rings is 2. The highest BCUT2D eigenvalue weighted by Crippen LogP contribution is 2.35. The van der Waals surface area contributed by atoms with Gasteiger partial charge in [0, 0.05) is 6.07 Å². The van der Waals surface area contributed by atoms with Crippen LogP contribution in [-0.4, -0.2) is 20.9 Å². The summed E-state index contributed by atoms with van der Waals surface area (Å²) in [6.07, 6.45) is 0. The summed E-state index contributed by atoms with van der Waals surface area (Å²) in [6.45, 7) is 3.73. The number of sulfonamides is 1. The number of ether oxygens (including phenoxy) is 1. The van der Waals surface area contributed by atoms with Crippen molar-refractivity contribution in [3.8, 4) is 5.75 Å². The maximum atomic E-state index is 12.5. The molecule has 132 valence electrons. The quantitative estimate of drug-likeness (QED) is 0.853. The van der Waals surface area contributed by atoms with Crippen LogP contribution >= 0.6 is 11.6 Å². The third-order valence-electron chi connectivity index (χ3n) is 3.81. The minimum Gasteiger partial charge on any atom is -0.490 e. The number of halogens is 1. The molecule has 6 nitrogen and oxygen atoms in total. The predicted octanol–water partition coefficient (Wildman–Crippen LogP) is 3.50. The molecule has 25 heavy (non-hydrogen) atoms. The summed E-state index contributed by atoms with van der Waals surface area (Å²) in [7, 11) is -3.84. The van der Waals surface area contributed by atoms with Gasteiger partial charge in [0.2, 0.25) is 5.91 Å². The molecule has 0 spiro atoms. The topological polar surface area (TPSA) is 84.5 Å². The van der Waals surface area contributed by atoms with Crippen LogP contribution in [0.4, 0.5) is 11.4 Å². The number of carbonyl (C=O) groups excluding carboxylic acids is 1. The first kappa shape index (κ1) is 17.6. The number of fused-ring (bicyclic) bond motifs is 1. The van der Waals surface area contributed by atoms with Gasteiger partial charge in [0.05, 0.1) is 21.8 Å². The Morgan fingerprint density at radius 3 is 2.64 bits per heavy atom. The van der Waals surface area contributed by atoms with Gasteiger partial charge in [-0.05, 0) is 38.1 Å². The molecule has 0 radical (unpaired) electrons. The molecule has 0 aromatic heterocycles. The predicted molar refractivity (Wildman–Crippen MR) is 96.6 cm³/mol. The standard InChI is InChI=1S/C17H17ClN2O4S/c1-17(2)10-24-14-9-11(7-8-13(14)19-16(17)21)20-25(22,23)15-6-4-3-5-12(15)18/h3-9,20H,10H2,1-2H3,(H,19,21). The highest BCUT2D eigenvalue weighted by molar-refractivity contribution is 7.92. The van der Waals surface area contributed by atoms with E-state index in [2.05, 4.69) is 10.0 Å². The van der Waals surface area contributed by atoms with Gasteiger partial charge in [-0.1, -0.05) is 23.7 Å². The number of rotatable bonds is 3. The lowest BCUT2D eigenvalue weighted by atomic mass is 9.94. The van der Waals surface area contributed by atoms with Gasteiger partial charge in [0.1, 0.15) is 17.3 Å². The van der Waals surface area contributed by atoms with Gasteiger partial charge in [0.25, 0.3) is 10.0 Å². The molecule has 2 aromatic rings. The fraction of sp³-hybridized carbons (Fsp3) is 0.235. The lowest BCUT2D eigenvalue weighted by Gasteiger charge is -2.18. The molecule has 0 saturated carbocycles. The largest absolute Gasteiger partial charge is 0.490 e. The molecule has 0 atom stereocenters. The Kier molecular flexibility index (Phi) is 4.38. The minimum atomic E-state index is -3.84. The number of anilines is 2. The summed E-state index contributed by atoms with van der Waals surface area (Å²) in [4.78, 5) is 12.1. The third-order valence-corrected chi connectivity index (χ3v) is 5.69. The van der Waals surface area contributed by atoms with E-state index in [0.29, 0.717) is 17.1 Å². The lowest BCUT2D eigenvalue weighted by Crippen LogP contribution is -2.33. The normalized spacial score (nSPS) is 16.2. The number of hydrogen-bond donors (Lipinski definition) is 2. The van der Waals surface area contributed by atoms with E-state index in [1.54, 1.807) is 38.1 Å². The fourth-order valence-electron chi connectivity index (χ4n) is 2.30. The minimum absolute atomic E-state index is 0.0121. The molecule has 0 fully saturated rings. The molecule has 8 heteroatoms. The highest BCUT2D eigenvalue weighted by atomic mass is 35.5. The molecule has 0 unspecified atom stereocenters. The zero-order chi connectivity index (χ0) is 18.2. The molecule has 1 heterocycles. The monoisotopic (exact) mass is 380 g/mol. The van der Waals surface area contributed by atoms with Crippen molar-refractivity contribution in [1.82, 2.24) is 0 Å². The van der Waals surface area contributed by atoms with Gasteiger partial charge < -0.3 is 10.1 Å². The molecule has 1 amide bonds. The van der Waals surface area contributed by atoms with Crippen molar-refractivity contribution in [2.75, 3.05) is 16.6 Å². The van der Waals surface area contributed by atoms with Crippen molar-refractivity contribution in [2.45, 2.75) is 18.7 Å². The van der Waals surface area contributed by atoms with Crippen LogP contribution in [-0.2, 0) is 14.8 Å². The fourth-order valence-corrected chi connectivity index (χ4v) is 3.87. The first-order valence-electron chi connectivity index (χ1n) is 7.55. The molecule has 0 bridgehead atoms. The first-order valence-corrected chi connectivity index (χ1v) is 9.41. The molecule has 3 rings (SSSR count). The average Bonchev–Trinajstić information content (AvgIpc) is 2.64. The summed E-state index contributed by atoms with van der Waals surface area (Å²) < 4.78 is 33.2. The van der Waals surface area contributed by atoms with Crippen LogP contribution in [0.15, 0.2) is 47.4 Å². The molecule has 2 aromatic carbocycles. The van der Waals surface area contributed by atoms with E-state index < -0.39 is 15.4 Å². The van der Waals surface area contributed by atoms with Crippen LogP contribution < -0.4 is 14.8 Å². The van der Waals surface area contributed by atoms with E-state index in [0.717, 1.165) is 0 Å². The Bertz CT molecular complexity index is 941. The van der Waals surface area contributed by atoms with Crippen LogP contribution in [0.25, 0.3) is 0 Å². The summed E-state index contributed by atoms with van der Waals surface area (Å²) in [6, 6.07) is 10.9. The lowest BCUT2D eigenvalue weighted by molar-refractivity contribution is -0.124. The third kappa shape index (κ3) is 3.57. The van der Waals surface area contributed by atoms with Gasteiger partial charge in [-0.15, -0.1) is 0 Å². The van der Waals surface area contributed by atoms with E-state index in [9.17, 15) is 13.2 Å². The summed E-state index contributed by atoms with van der Waals surface area (Å²) in [5.74, 6) is 0.244. The number of hydrogen-bond acceptors (Lipinski definition) is 4. The van der Waals surface area contributed by atoms with Crippen LogP contribution in [0, 0.1) is 5.41 Å². The van der Waals surface area contributed by atoms with Crippen molar-refractivity contribution in [3.05, 3.63) is 47.5 Å².